The largest absolute Gasteiger partial charge is 0.451 e. The van der Waals surface area contributed by atoms with Crippen LogP contribution in [0.15, 0.2) is 64.1 Å². The van der Waals surface area contributed by atoms with E-state index in [-0.39, 0.29) is 5.76 Å². The molecule has 4 aromatic rings. The normalized spacial score (nSPS) is 11.4. The van der Waals surface area contributed by atoms with Crippen LogP contribution in [0.25, 0.3) is 16.7 Å². The fourth-order valence-corrected chi connectivity index (χ4v) is 3.54. The van der Waals surface area contributed by atoms with Crippen molar-refractivity contribution in [2.75, 3.05) is 0 Å². The molecule has 0 saturated carbocycles. The summed E-state index contributed by atoms with van der Waals surface area (Å²) in [6, 6.07) is 16.6. The molecule has 0 radical (unpaired) electrons. The van der Waals surface area contributed by atoms with Gasteiger partial charge in [0.2, 0.25) is 0 Å². The summed E-state index contributed by atoms with van der Waals surface area (Å²) in [5.74, 6) is -0.194. The van der Waals surface area contributed by atoms with Crippen molar-refractivity contribution in [3.05, 3.63) is 87.4 Å². The zero-order valence-corrected chi connectivity index (χ0v) is 17.3. The summed E-state index contributed by atoms with van der Waals surface area (Å²) in [6.45, 7) is 3.96. The van der Waals surface area contributed by atoms with Crippen LogP contribution in [0.1, 0.15) is 27.5 Å². The lowest BCUT2D eigenvalue weighted by molar-refractivity contribution is 0.0929. The van der Waals surface area contributed by atoms with Crippen LogP contribution >= 0.6 is 23.2 Å². The van der Waals surface area contributed by atoms with Gasteiger partial charge in [-0.25, -0.2) is 5.43 Å². The molecule has 1 amide bonds. The second-order valence-corrected chi connectivity index (χ2v) is 7.42. The van der Waals surface area contributed by atoms with Crippen molar-refractivity contribution in [1.29, 1.82) is 0 Å². The number of nitrogens with zero attached hydrogens (tertiary/aromatic N) is 2. The average Bonchev–Trinajstić information content (AvgIpc) is 3.25. The van der Waals surface area contributed by atoms with Gasteiger partial charge in [-0.1, -0.05) is 41.4 Å². The van der Waals surface area contributed by atoms with Crippen LogP contribution in [-0.4, -0.2) is 16.7 Å². The van der Waals surface area contributed by atoms with Crippen LogP contribution < -0.4 is 5.43 Å². The van der Waals surface area contributed by atoms with E-state index in [9.17, 15) is 4.79 Å². The zero-order chi connectivity index (χ0) is 20.5. The van der Waals surface area contributed by atoms with E-state index in [0.717, 1.165) is 28.0 Å². The van der Waals surface area contributed by atoms with Crippen molar-refractivity contribution >= 4 is 46.3 Å². The third kappa shape index (κ3) is 3.79. The highest BCUT2D eigenvalue weighted by atomic mass is 35.5. The van der Waals surface area contributed by atoms with Crippen molar-refractivity contribution in [2.24, 2.45) is 5.10 Å². The lowest BCUT2D eigenvalue weighted by Gasteiger charge is -2.10. The first kappa shape index (κ1) is 19.3. The second-order valence-electron chi connectivity index (χ2n) is 6.61. The molecule has 0 saturated heterocycles. The van der Waals surface area contributed by atoms with Gasteiger partial charge in [-0.05, 0) is 50.2 Å². The van der Waals surface area contributed by atoms with Gasteiger partial charge in [0.15, 0.2) is 5.76 Å². The fraction of sp³-hybridized carbons (Fsp3) is 0.0909. The number of benzene rings is 2. The Morgan fingerprint density at radius 1 is 1.07 bits per heavy atom. The summed E-state index contributed by atoms with van der Waals surface area (Å²) in [7, 11) is 0. The number of carbonyl (C=O) groups excluding carboxylic acids is 1. The molecule has 0 atom stereocenters. The molecule has 0 aliphatic carbocycles. The molecule has 2 aromatic heterocycles. The summed E-state index contributed by atoms with van der Waals surface area (Å²) >= 11 is 12.2. The van der Waals surface area contributed by atoms with Gasteiger partial charge >= 0.3 is 5.91 Å². The molecule has 0 fully saturated rings. The number of hydrogen-bond acceptors (Lipinski definition) is 3. The first-order valence-electron chi connectivity index (χ1n) is 8.90. The van der Waals surface area contributed by atoms with Gasteiger partial charge in [0.1, 0.15) is 5.58 Å². The molecule has 7 heteroatoms. The lowest BCUT2D eigenvalue weighted by Crippen LogP contribution is -2.16. The molecule has 0 unspecified atom stereocenters. The number of hydrogen-bond donors (Lipinski definition) is 1. The van der Waals surface area contributed by atoms with E-state index in [2.05, 4.69) is 10.5 Å². The Kier molecular flexibility index (Phi) is 5.18. The Labute approximate surface area is 177 Å². The van der Waals surface area contributed by atoms with Crippen molar-refractivity contribution in [2.45, 2.75) is 13.8 Å². The number of halogens is 2. The summed E-state index contributed by atoms with van der Waals surface area (Å²) in [6.07, 6.45) is 1.61. The van der Waals surface area contributed by atoms with Crippen molar-refractivity contribution in [3.8, 4) is 5.69 Å². The van der Waals surface area contributed by atoms with Crippen LogP contribution in [0.4, 0.5) is 0 Å². The molecule has 2 heterocycles. The first-order valence-corrected chi connectivity index (χ1v) is 9.66. The maximum absolute atomic E-state index is 12.3. The van der Waals surface area contributed by atoms with Crippen molar-refractivity contribution < 1.29 is 9.21 Å². The molecule has 0 aliphatic rings. The minimum atomic E-state index is -0.407. The van der Waals surface area contributed by atoms with E-state index >= 15 is 0 Å². The van der Waals surface area contributed by atoms with Gasteiger partial charge in [-0.3, -0.25) is 4.79 Å². The van der Waals surface area contributed by atoms with Crippen LogP contribution in [0.2, 0.25) is 10.0 Å². The number of para-hydroxylation sites is 1. The maximum atomic E-state index is 12.3. The molecule has 1 N–H and O–H groups in total. The standard InChI is InChI=1S/C22H17Cl2N3O2/c1-13-9-16(14(2)27(13)17-7-8-18(23)19(24)11-17)12-25-26-22(28)21-10-15-5-3-4-6-20(15)29-21/h3-12H,1-2H3,(H,26,28)/b25-12-. The van der Waals surface area contributed by atoms with E-state index in [4.69, 9.17) is 27.6 Å². The van der Waals surface area contributed by atoms with E-state index in [1.54, 1.807) is 18.3 Å². The Morgan fingerprint density at radius 2 is 1.86 bits per heavy atom. The topological polar surface area (TPSA) is 59.5 Å². The minimum absolute atomic E-state index is 0.213. The molecule has 29 heavy (non-hydrogen) atoms. The molecule has 2 aromatic carbocycles. The second kappa shape index (κ2) is 7.78. The van der Waals surface area contributed by atoms with Crippen molar-refractivity contribution in [1.82, 2.24) is 9.99 Å². The average molecular weight is 426 g/mol. The van der Waals surface area contributed by atoms with Crippen LogP contribution in [0.5, 0.6) is 0 Å². The summed E-state index contributed by atoms with van der Waals surface area (Å²) in [5.41, 5.74) is 6.91. The van der Waals surface area contributed by atoms with Gasteiger partial charge in [0.25, 0.3) is 0 Å². The quantitative estimate of drug-likeness (QED) is 0.326. The van der Waals surface area contributed by atoms with E-state index < -0.39 is 5.91 Å². The molecule has 0 aliphatic heterocycles. The van der Waals surface area contributed by atoms with Gasteiger partial charge < -0.3 is 8.98 Å². The number of aromatic nitrogens is 1. The highest BCUT2D eigenvalue weighted by molar-refractivity contribution is 6.42. The van der Waals surface area contributed by atoms with Crippen LogP contribution in [0, 0.1) is 13.8 Å². The van der Waals surface area contributed by atoms with E-state index in [0.29, 0.717) is 15.6 Å². The minimum Gasteiger partial charge on any atom is -0.451 e. The summed E-state index contributed by atoms with van der Waals surface area (Å²) in [4.78, 5) is 12.3. The number of carbonyl (C=O) groups is 1. The summed E-state index contributed by atoms with van der Waals surface area (Å²) in [5, 5.41) is 5.95. The first-order chi connectivity index (χ1) is 13.9. The molecular formula is C22H17Cl2N3O2. The number of nitrogens with one attached hydrogen (secondary N) is 1. The zero-order valence-electron chi connectivity index (χ0n) is 15.7. The van der Waals surface area contributed by atoms with Gasteiger partial charge in [-0.15, -0.1) is 0 Å². The van der Waals surface area contributed by atoms with E-state index in [1.807, 2.05) is 60.9 Å². The Morgan fingerprint density at radius 3 is 2.62 bits per heavy atom. The molecule has 5 nitrogen and oxygen atoms in total. The van der Waals surface area contributed by atoms with Gasteiger partial charge in [-0.2, -0.15) is 5.10 Å². The monoisotopic (exact) mass is 425 g/mol. The third-order valence-electron chi connectivity index (χ3n) is 4.65. The molecule has 4 rings (SSSR count). The van der Waals surface area contributed by atoms with Gasteiger partial charge in [0, 0.05) is 28.0 Å². The number of rotatable bonds is 4. The number of aryl methyl sites for hydroxylation is 1. The van der Waals surface area contributed by atoms with E-state index in [1.165, 1.54) is 0 Å². The van der Waals surface area contributed by atoms with Gasteiger partial charge in [0.05, 0.1) is 16.3 Å². The lowest BCUT2D eigenvalue weighted by atomic mass is 10.2. The molecule has 0 spiro atoms. The Hall–Kier alpha value is -3.02. The smallest absolute Gasteiger partial charge is 0.307 e. The SMILES string of the molecule is Cc1cc(/C=N\NC(=O)c2cc3ccccc3o2)c(C)n1-c1ccc(Cl)c(Cl)c1. The highest BCUT2D eigenvalue weighted by Crippen LogP contribution is 2.27. The molecule has 146 valence electrons. The number of furan rings is 1. The molecular weight excluding hydrogens is 409 g/mol. The van der Waals surface area contributed by atoms with Crippen molar-refractivity contribution in [3.63, 3.8) is 0 Å². The van der Waals surface area contributed by atoms with Crippen LogP contribution in [0.3, 0.4) is 0 Å². The number of amides is 1. The predicted molar refractivity (Wildman–Crippen MR) is 117 cm³/mol. The van der Waals surface area contributed by atoms with Crippen LogP contribution in [-0.2, 0) is 0 Å². The highest BCUT2D eigenvalue weighted by Gasteiger charge is 2.13. The number of fused-ring (bicyclic) bond motifs is 1. The summed E-state index contributed by atoms with van der Waals surface area (Å²) < 4.78 is 7.59. The Bertz CT molecular complexity index is 1220. The number of hydrazone groups is 1. The Balaban J connectivity index is 1.54. The molecule has 0 bridgehead atoms. The fourth-order valence-electron chi connectivity index (χ4n) is 3.25. The predicted octanol–water partition coefficient (Wildman–Crippen LogP) is 5.91. The third-order valence-corrected chi connectivity index (χ3v) is 5.39. The maximum Gasteiger partial charge on any atom is 0.307 e.